The van der Waals surface area contributed by atoms with Crippen molar-refractivity contribution in [3.05, 3.63) is 0 Å². The van der Waals surface area contributed by atoms with Crippen molar-refractivity contribution >= 4 is 17.7 Å². The van der Waals surface area contributed by atoms with Gasteiger partial charge in [0.25, 0.3) is 0 Å². The number of carbonyl (C=O) groups excluding carboxylic acids is 3. The summed E-state index contributed by atoms with van der Waals surface area (Å²) in [6.07, 6.45) is 5.06. The molecule has 26 heavy (non-hydrogen) atoms. The Balaban J connectivity index is 1.26. The minimum absolute atomic E-state index is 0.0638. The largest absolute Gasteiger partial charge is 0.373 e. The summed E-state index contributed by atoms with van der Waals surface area (Å²) in [6, 6.07) is 0. The lowest BCUT2D eigenvalue weighted by molar-refractivity contribution is -0.143. The molecule has 4 unspecified atom stereocenters. The zero-order valence-electron chi connectivity index (χ0n) is 15.5. The topological polar surface area (TPSA) is 79.0 Å². The van der Waals surface area contributed by atoms with Gasteiger partial charge in [0.15, 0.2) is 0 Å². The minimum atomic E-state index is -0.292. The molecule has 144 valence electrons. The molecule has 0 radical (unpaired) electrons. The summed E-state index contributed by atoms with van der Waals surface area (Å²) in [5.74, 6) is -0.0767. The number of likely N-dealkylation sites (tertiary alicyclic amines) is 2. The van der Waals surface area contributed by atoms with E-state index in [1.807, 2.05) is 11.9 Å². The van der Waals surface area contributed by atoms with Crippen molar-refractivity contribution in [3.8, 4) is 0 Å². The number of rotatable bonds is 6. The summed E-state index contributed by atoms with van der Waals surface area (Å²) in [4.78, 5) is 41.0. The Morgan fingerprint density at radius 2 is 1.69 bits per heavy atom. The first-order valence-electron chi connectivity index (χ1n) is 10.0. The molecule has 3 amide bonds. The van der Waals surface area contributed by atoms with Crippen molar-refractivity contribution in [2.24, 2.45) is 17.8 Å². The fourth-order valence-electron chi connectivity index (χ4n) is 5.18. The average Bonchev–Trinajstić information content (AvgIpc) is 3.33. The fraction of sp³-hybridized carbons (Fsp3) is 0.842. The van der Waals surface area contributed by atoms with Crippen LogP contribution < -0.4 is 5.32 Å². The third-order valence-electron chi connectivity index (χ3n) is 6.69. The zero-order chi connectivity index (χ0) is 18.3. The molecule has 4 heterocycles. The van der Waals surface area contributed by atoms with Crippen molar-refractivity contribution in [2.75, 3.05) is 33.2 Å². The van der Waals surface area contributed by atoms with Crippen LogP contribution in [0.1, 0.15) is 38.5 Å². The number of hydrogen-bond donors (Lipinski definition) is 1. The van der Waals surface area contributed by atoms with Gasteiger partial charge < -0.3 is 15.0 Å². The second kappa shape index (κ2) is 7.27. The van der Waals surface area contributed by atoms with Gasteiger partial charge in [-0.3, -0.25) is 19.3 Å². The van der Waals surface area contributed by atoms with Crippen LogP contribution in [0.4, 0.5) is 0 Å². The maximum atomic E-state index is 12.6. The van der Waals surface area contributed by atoms with Gasteiger partial charge in [0.05, 0.1) is 24.0 Å². The lowest BCUT2D eigenvalue weighted by Crippen LogP contribution is -2.42. The van der Waals surface area contributed by atoms with Crippen LogP contribution in [0.3, 0.4) is 0 Å². The normalized spacial score (nSPS) is 34.0. The first-order valence-corrected chi connectivity index (χ1v) is 10.0. The second-order valence-corrected chi connectivity index (χ2v) is 8.14. The summed E-state index contributed by atoms with van der Waals surface area (Å²) < 4.78 is 5.74. The van der Waals surface area contributed by atoms with E-state index in [1.165, 1.54) is 4.90 Å². The number of carbonyl (C=O) groups is 3. The molecule has 0 saturated carbocycles. The summed E-state index contributed by atoms with van der Waals surface area (Å²) in [5, 5.41) is 3.18. The number of piperidine rings is 1. The van der Waals surface area contributed by atoms with Gasteiger partial charge in [0.1, 0.15) is 0 Å². The van der Waals surface area contributed by atoms with Gasteiger partial charge in [-0.15, -0.1) is 0 Å². The lowest BCUT2D eigenvalue weighted by atomic mass is 9.81. The van der Waals surface area contributed by atoms with Crippen molar-refractivity contribution in [2.45, 2.75) is 50.7 Å². The van der Waals surface area contributed by atoms with E-state index in [2.05, 4.69) is 5.32 Å². The highest BCUT2D eigenvalue weighted by molar-refractivity contribution is 6.06. The number of hydrogen-bond acceptors (Lipinski definition) is 5. The molecular weight excluding hydrogens is 334 g/mol. The van der Waals surface area contributed by atoms with Gasteiger partial charge >= 0.3 is 0 Å². The van der Waals surface area contributed by atoms with Crippen LogP contribution in [0.2, 0.25) is 0 Å². The van der Waals surface area contributed by atoms with Crippen molar-refractivity contribution in [3.63, 3.8) is 0 Å². The molecule has 4 aliphatic heterocycles. The SMILES string of the molecule is CNCCC1CCN(C(=O)CCN2C(=O)C3C4CCC(O4)C3C2=O)CC1. The smallest absolute Gasteiger partial charge is 0.235 e. The van der Waals surface area contributed by atoms with E-state index in [1.54, 1.807) is 0 Å². The van der Waals surface area contributed by atoms with Crippen molar-refractivity contribution in [1.82, 2.24) is 15.1 Å². The fourth-order valence-corrected chi connectivity index (χ4v) is 5.18. The van der Waals surface area contributed by atoms with E-state index >= 15 is 0 Å². The predicted molar refractivity (Wildman–Crippen MR) is 94.1 cm³/mol. The Labute approximate surface area is 154 Å². The molecule has 4 aliphatic rings. The van der Waals surface area contributed by atoms with Crippen LogP contribution in [0, 0.1) is 17.8 Å². The highest BCUT2D eigenvalue weighted by Gasteiger charge is 2.62. The predicted octanol–water partition coefficient (Wildman–Crippen LogP) is 0.387. The third-order valence-corrected chi connectivity index (χ3v) is 6.69. The Morgan fingerprint density at radius 1 is 1.08 bits per heavy atom. The first kappa shape index (κ1) is 17.9. The van der Waals surface area contributed by atoms with Crippen LogP contribution in [0.15, 0.2) is 0 Å². The molecule has 7 heteroatoms. The van der Waals surface area contributed by atoms with E-state index in [4.69, 9.17) is 4.74 Å². The lowest BCUT2D eigenvalue weighted by Gasteiger charge is -2.32. The van der Waals surface area contributed by atoms with E-state index < -0.39 is 0 Å². The van der Waals surface area contributed by atoms with E-state index in [0.717, 1.165) is 51.7 Å². The standard InChI is InChI=1S/C19H29N3O4/c1-20-8-4-12-5-9-21(10-6-12)15(23)7-11-22-18(24)16-13-2-3-14(26-13)17(16)19(22)25/h12-14,16-17,20H,2-11H2,1H3. The van der Waals surface area contributed by atoms with Crippen LogP contribution >= 0.6 is 0 Å². The van der Waals surface area contributed by atoms with Gasteiger partial charge in [0.2, 0.25) is 17.7 Å². The molecule has 4 fully saturated rings. The summed E-state index contributed by atoms with van der Waals surface area (Å²) in [5.41, 5.74) is 0. The number of ether oxygens (including phenoxy) is 1. The quantitative estimate of drug-likeness (QED) is 0.691. The average molecular weight is 363 g/mol. The van der Waals surface area contributed by atoms with Gasteiger partial charge in [-0.05, 0) is 51.6 Å². The molecular formula is C19H29N3O4. The maximum Gasteiger partial charge on any atom is 0.235 e. The Kier molecular flexibility index (Phi) is 5.01. The molecule has 0 aromatic rings. The van der Waals surface area contributed by atoms with Crippen molar-refractivity contribution in [1.29, 1.82) is 0 Å². The Morgan fingerprint density at radius 3 is 2.27 bits per heavy atom. The molecule has 1 N–H and O–H groups in total. The van der Waals surface area contributed by atoms with E-state index in [9.17, 15) is 14.4 Å². The number of amides is 3. The first-order chi connectivity index (χ1) is 12.6. The highest BCUT2D eigenvalue weighted by atomic mass is 16.5. The molecule has 4 atom stereocenters. The van der Waals surface area contributed by atoms with Gasteiger partial charge in [0, 0.05) is 26.1 Å². The summed E-state index contributed by atoms with van der Waals surface area (Å²) in [6.45, 7) is 2.82. The van der Waals surface area contributed by atoms with Crippen molar-refractivity contribution < 1.29 is 19.1 Å². The van der Waals surface area contributed by atoms with Crippen LogP contribution in [-0.4, -0.2) is 73.0 Å². The van der Waals surface area contributed by atoms with E-state index in [0.29, 0.717) is 5.92 Å². The number of nitrogens with one attached hydrogen (secondary N) is 1. The second-order valence-electron chi connectivity index (χ2n) is 8.14. The number of imide groups is 1. The monoisotopic (exact) mass is 363 g/mol. The van der Waals surface area contributed by atoms with Crippen LogP contribution in [0.25, 0.3) is 0 Å². The molecule has 4 saturated heterocycles. The third kappa shape index (κ3) is 3.05. The number of fused-ring (bicyclic) bond motifs is 5. The van der Waals surface area contributed by atoms with Crippen LogP contribution in [-0.2, 0) is 19.1 Å². The number of nitrogens with zero attached hydrogens (tertiary/aromatic N) is 2. The molecule has 0 aromatic carbocycles. The molecule has 0 aromatic heterocycles. The molecule has 2 bridgehead atoms. The maximum absolute atomic E-state index is 12.6. The Bertz CT molecular complexity index is 559. The molecule has 4 rings (SSSR count). The van der Waals surface area contributed by atoms with Gasteiger partial charge in [-0.2, -0.15) is 0 Å². The zero-order valence-corrected chi connectivity index (χ0v) is 15.5. The molecule has 0 spiro atoms. The van der Waals surface area contributed by atoms with Crippen LogP contribution in [0.5, 0.6) is 0 Å². The van der Waals surface area contributed by atoms with Gasteiger partial charge in [-0.25, -0.2) is 0 Å². The minimum Gasteiger partial charge on any atom is -0.373 e. The summed E-state index contributed by atoms with van der Waals surface area (Å²) in [7, 11) is 1.96. The molecule has 7 nitrogen and oxygen atoms in total. The van der Waals surface area contributed by atoms with E-state index in [-0.39, 0.29) is 54.7 Å². The molecule has 0 aliphatic carbocycles. The Hall–Kier alpha value is -1.47. The summed E-state index contributed by atoms with van der Waals surface area (Å²) >= 11 is 0. The highest BCUT2D eigenvalue weighted by Crippen LogP contribution is 2.48. The van der Waals surface area contributed by atoms with Gasteiger partial charge in [-0.1, -0.05) is 0 Å².